The second kappa shape index (κ2) is 14.2. The van der Waals surface area contributed by atoms with Gasteiger partial charge in [0.05, 0.1) is 16.6 Å². The molecule has 6 nitrogen and oxygen atoms in total. The molecule has 0 spiro atoms. The third kappa shape index (κ3) is 7.05. The predicted molar refractivity (Wildman–Crippen MR) is 173 cm³/mol. The predicted octanol–water partition coefficient (Wildman–Crippen LogP) is 6.78. The van der Waals surface area contributed by atoms with Crippen LogP contribution < -0.4 is 4.31 Å². The Kier molecular flexibility index (Phi) is 10.9. The number of fused-ring (bicyclic) bond motifs is 4. The molecule has 0 saturated carbocycles. The summed E-state index contributed by atoms with van der Waals surface area (Å²) in [6.07, 6.45) is -3.50. The van der Waals surface area contributed by atoms with Gasteiger partial charge in [0.2, 0.25) is 5.91 Å². The number of nitrogens with zero attached hydrogens (tertiary/aromatic N) is 3. The van der Waals surface area contributed by atoms with Crippen molar-refractivity contribution in [2.75, 3.05) is 31.0 Å². The van der Waals surface area contributed by atoms with E-state index in [4.69, 9.17) is 0 Å². The first-order chi connectivity index (χ1) is 23.0. The summed E-state index contributed by atoms with van der Waals surface area (Å²) in [6.45, 7) is 7.71. The molecular formula is C35H34F7N3O3S. The number of terminal acetylenes is 1. The molecule has 3 unspecified atom stereocenters. The van der Waals surface area contributed by atoms with Crippen LogP contribution in [0.15, 0.2) is 78.2 Å². The fourth-order valence-electron chi connectivity index (χ4n) is 6.34. The molecule has 3 aromatic carbocycles. The quantitative estimate of drug-likeness (QED) is 0.241. The number of benzene rings is 3. The van der Waals surface area contributed by atoms with Crippen molar-refractivity contribution in [3.8, 4) is 12.8 Å². The van der Waals surface area contributed by atoms with Crippen LogP contribution in [0, 0.1) is 18.7 Å². The maximum Gasteiger partial charge on any atom is 0.430 e. The highest BCUT2D eigenvalue weighted by Gasteiger charge is 2.71. The van der Waals surface area contributed by atoms with Gasteiger partial charge in [-0.3, -0.25) is 9.10 Å². The van der Waals surface area contributed by atoms with E-state index < -0.39 is 40.3 Å². The van der Waals surface area contributed by atoms with Gasteiger partial charge in [0, 0.05) is 56.3 Å². The van der Waals surface area contributed by atoms with Gasteiger partial charge in [0.25, 0.3) is 5.60 Å². The Balaban J connectivity index is 0.000000231. The Morgan fingerprint density at radius 1 is 0.959 bits per heavy atom. The van der Waals surface area contributed by atoms with Gasteiger partial charge in [-0.15, -0.1) is 12.8 Å². The lowest BCUT2D eigenvalue weighted by Crippen LogP contribution is -2.54. The minimum atomic E-state index is -5.98. The van der Waals surface area contributed by atoms with Gasteiger partial charge in [-0.1, -0.05) is 43.0 Å². The molecule has 14 heteroatoms. The molecule has 3 aromatic rings. The summed E-state index contributed by atoms with van der Waals surface area (Å²) in [5, 5.41) is 9.58. The number of anilines is 1. The Labute approximate surface area is 282 Å². The molecule has 1 amide bonds. The molecule has 1 saturated heterocycles. The van der Waals surface area contributed by atoms with Crippen molar-refractivity contribution < 1.29 is 44.8 Å². The van der Waals surface area contributed by atoms with E-state index in [1.165, 1.54) is 27.6 Å². The Morgan fingerprint density at radius 3 is 2.16 bits per heavy atom. The molecule has 6 rings (SSSR count). The highest BCUT2D eigenvalue weighted by molar-refractivity contribution is 7.86. The molecular weight excluding hydrogens is 675 g/mol. The molecule has 49 heavy (non-hydrogen) atoms. The number of halogens is 7. The first-order valence-electron chi connectivity index (χ1n) is 15.0. The van der Waals surface area contributed by atoms with Gasteiger partial charge in [0.1, 0.15) is 5.82 Å². The summed E-state index contributed by atoms with van der Waals surface area (Å²) >= 11 is 0. The molecule has 3 atom stereocenters. The zero-order valence-electron chi connectivity index (χ0n) is 26.6. The number of aryl methyl sites for hydroxylation is 1. The fourth-order valence-corrected chi connectivity index (χ4v) is 7.62. The number of rotatable bonds is 3. The summed E-state index contributed by atoms with van der Waals surface area (Å²) in [6, 6.07) is 15.7. The zero-order chi connectivity index (χ0) is 36.5. The second-order valence-electron chi connectivity index (χ2n) is 11.7. The number of likely N-dealkylation sites (tertiary alicyclic amines) is 1. The van der Waals surface area contributed by atoms with E-state index in [0.29, 0.717) is 30.5 Å². The normalized spacial score (nSPS) is 19.3. The van der Waals surface area contributed by atoms with E-state index in [9.17, 15) is 44.8 Å². The number of amides is 1. The van der Waals surface area contributed by atoms with Crippen LogP contribution in [0.3, 0.4) is 0 Å². The maximum atomic E-state index is 13.1. The Bertz CT molecular complexity index is 1730. The molecule has 3 aliphatic rings. The minimum absolute atomic E-state index is 0.0936. The van der Waals surface area contributed by atoms with Crippen LogP contribution >= 0.6 is 0 Å². The highest BCUT2D eigenvalue weighted by atomic mass is 32.2. The summed E-state index contributed by atoms with van der Waals surface area (Å²) in [5.41, 5.74) is -2.46. The van der Waals surface area contributed by atoms with Crippen molar-refractivity contribution in [3.63, 3.8) is 0 Å². The van der Waals surface area contributed by atoms with E-state index in [-0.39, 0.29) is 35.0 Å². The fraction of sp³-hybridized carbons (Fsp3) is 0.343. The first-order valence-corrected chi connectivity index (χ1v) is 16.1. The van der Waals surface area contributed by atoms with Gasteiger partial charge in [0.15, 0.2) is 11.0 Å². The largest absolute Gasteiger partial charge is 0.430 e. The van der Waals surface area contributed by atoms with Crippen molar-refractivity contribution in [2.45, 2.75) is 54.6 Å². The number of alkyl halides is 6. The van der Waals surface area contributed by atoms with E-state index in [1.807, 2.05) is 4.90 Å². The molecule has 262 valence electrons. The Morgan fingerprint density at radius 2 is 1.57 bits per heavy atom. The van der Waals surface area contributed by atoms with Crippen molar-refractivity contribution >= 4 is 28.3 Å². The van der Waals surface area contributed by atoms with Crippen LogP contribution in [0.5, 0.6) is 0 Å². The van der Waals surface area contributed by atoms with Gasteiger partial charge in [-0.05, 0) is 54.3 Å². The topological polar surface area (TPSA) is 64.1 Å². The van der Waals surface area contributed by atoms with Gasteiger partial charge in [-0.2, -0.15) is 26.3 Å². The van der Waals surface area contributed by atoms with Crippen LogP contribution in [0.1, 0.15) is 41.5 Å². The standard InChI is InChI=1S/C18H14F7NO2S.C15H18N2O.C2H2/c19-13-4-6-14(7-5-13)29(28)26-9-1-2-11-10-12(3-8-15(11)26)16(27,17(20,21)22)18(23,24)25;1-10-12-6-4-5-7-13(12)14-8-17(11(2)18)9-15(14)16(10)3;1-2/h3-8,10,27H,1-2,9H2;4-7,14-15H,1,8-9H2,2-3H3;1-2H. The molecule has 0 radical (unpaired) electrons. The van der Waals surface area contributed by atoms with Gasteiger partial charge in [-0.25, -0.2) is 8.60 Å². The van der Waals surface area contributed by atoms with Crippen LogP contribution in [0.2, 0.25) is 0 Å². The summed E-state index contributed by atoms with van der Waals surface area (Å²) in [5.74, 6) is 0.0366. The van der Waals surface area contributed by atoms with Crippen molar-refractivity contribution in [1.29, 1.82) is 0 Å². The number of hydrogen-bond donors (Lipinski definition) is 1. The van der Waals surface area contributed by atoms with Crippen LogP contribution in [-0.4, -0.2) is 70.1 Å². The number of aliphatic hydroxyl groups is 1. The summed E-state index contributed by atoms with van der Waals surface area (Å²) in [7, 11) is 0.241. The van der Waals surface area contributed by atoms with Gasteiger partial charge < -0.3 is 14.9 Å². The second-order valence-corrected chi connectivity index (χ2v) is 13.1. The van der Waals surface area contributed by atoms with Crippen LogP contribution in [-0.2, 0) is 27.8 Å². The lowest BCUT2D eigenvalue weighted by molar-refractivity contribution is -0.376. The molecule has 0 aromatic heterocycles. The van der Waals surface area contributed by atoms with Crippen molar-refractivity contribution in [2.24, 2.45) is 0 Å². The lowest BCUT2D eigenvalue weighted by atomic mass is 9.84. The Hall–Kier alpha value is -4.35. The lowest BCUT2D eigenvalue weighted by Gasteiger charge is -2.38. The highest BCUT2D eigenvalue weighted by Crippen LogP contribution is 2.51. The van der Waals surface area contributed by atoms with Crippen LogP contribution in [0.4, 0.5) is 36.4 Å². The third-order valence-corrected chi connectivity index (χ3v) is 10.4. The number of carbonyl (C=O) groups excluding carboxylic acids is 1. The number of likely N-dealkylation sites (N-methyl/N-ethyl adjacent to an activating group) is 1. The van der Waals surface area contributed by atoms with E-state index in [0.717, 1.165) is 37.0 Å². The molecule has 1 N–H and O–H groups in total. The molecule has 0 bridgehead atoms. The van der Waals surface area contributed by atoms with Crippen molar-refractivity contribution in [3.05, 3.63) is 101 Å². The van der Waals surface area contributed by atoms with E-state index in [1.54, 1.807) is 6.92 Å². The summed E-state index contributed by atoms with van der Waals surface area (Å²) < 4.78 is 106. The smallest absolute Gasteiger partial charge is 0.369 e. The monoisotopic (exact) mass is 709 g/mol. The number of hydrogen-bond acceptors (Lipinski definition) is 4. The third-order valence-electron chi connectivity index (χ3n) is 8.94. The average Bonchev–Trinajstić information content (AvgIpc) is 3.53. The molecule has 0 aliphatic carbocycles. The maximum absolute atomic E-state index is 13.1. The van der Waals surface area contributed by atoms with Gasteiger partial charge >= 0.3 is 12.4 Å². The van der Waals surface area contributed by atoms with E-state index in [2.05, 4.69) is 55.6 Å². The first kappa shape index (κ1) is 37.5. The number of carbonyl (C=O) groups is 1. The summed E-state index contributed by atoms with van der Waals surface area (Å²) in [4.78, 5) is 16.0. The van der Waals surface area contributed by atoms with E-state index >= 15 is 0 Å². The average molecular weight is 710 g/mol. The SMILES string of the molecule is C#C.C=C1c2ccccc2C2CN(C(C)=O)CC2N1C.O=S(c1ccc(F)cc1)N1CCCc2cc(C(O)(C(F)(F)F)C(F)(F)F)ccc21. The minimum Gasteiger partial charge on any atom is -0.369 e. The molecule has 3 aliphatic heterocycles. The van der Waals surface area contributed by atoms with Crippen LogP contribution in [0.25, 0.3) is 5.70 Å². The zero-order valence-corrected chi connectivity index (χ0v) is 27.4. The molecule has 1 fully saturated rings. The molecule has 3 heterocycles. The van der Waals surface area contributed by atoms with Crippen molar-refractivity contribution in [1.82, 2.24) is 9.80 Å².